The Balaban J connectivity index is 1.28. The smallest absolute Gasteiger partial charge is 0.313 e. The third-order valence-electron chi connectivity index (χ3n) is 8.11. The molecule has 3 aliphatic heterocycles. The molecule has 3 heterocycles. The Hall–Kier alpha value is -3.36. The van der Waals surface area contributed by atoms with E-state index >= 15 is 0 Å². The van der Waals surface area contributed by atoms with Gasteiger partial charge in [0.25, 0.3) is 0 Å². The van der Waals surface area contributed by atoms with Gasteiger partial charge < -0.3 is 28.8 Å². The molecule has 7 atom stereocenters. The molecule has 0 radical (unpaired) electrons. The molecule has 4 fully saturated rings. The third-order valence-corrected chi connectivity index (χ3v) is 8.11. The Bertz CT molecular complexity index is 1340. The maximum absolute atomic E-state index is 12.6. The monoisotopic (exact) mass is 536 g/mol. The van der Waals surface area contributed by atoms with E-state index in [9.17, 15) is 5.11 Å². The highest BCUT2D eigenvalue weighted by Gasteiger charge is 2.74. The van der Waals surface area contributed by atoms with Crippen molar-refractivity contribution in [3.05, 3.63) is 144 Å². The molecule has 1 saturated carbocycles. The molecule has 4 aromatic carbocycles. The van der Waals surface area contributed by atoms with Gasteiger partial charge in [-0.3, -0.25) is 0 Å². The highest BCUT2D eigenvalue weighted by molar-refractivity contribution is 5.28. The minimum Gasteiger partial charge on any atom is -0.384 e. The molecule has 0 aromatic heterocycles. The molecular formula is C34H32O6. The van der Waals surface area contributed by atoms with Gasteiger partial charge in [-0.25, -0.2) is 0 Å². The fourth-order valence-electron chi connectivity index (χ4n) is 6.20. The fourth-order valence-corrected chi connectivity index (χ4v) is 6.20. The first kappa shape index (κ1) is 25.6. The Morgan fingerprint density at radius 2 is 0.975 bits per heavy atom. The molecular weight excluding hydrogens is 504 g/mol. The van der Waals surface area contributed by atoms with E-state index in [-0.39, 0.29) is 0 Å². The number of hydrogen-bond donors (Lipinski definition) is 1. The van der Waals surface area contributed by atoms with Crippen LogP contribution < -0.4 is 0 Å². The van der Waals surface area contributed by atoms with Gasteiger partial charge in [0.15, 0.2) is 0 Å². The maximum Gasteiger partial charge on any atom is 0.313 e. The maximum atomic E-state index is 12.6. The third kappa shape index (κ3) is 4.57. The summed E-state index contributed by atoms with van der Waals surface area (Å²) in [5.41, 5.74) is 2.34. The van der Waals surface area contributed by atoms with E-state index in [4.69, 9.17) is 23.7 Å². The summed E-state index contributed by atoms with van der Waals surface area (Å²) in [6, 6.07) is 39.5. The van der Waals surface area contributed by atoms with Gasteiger partial charge in [0.05, 0.1) is 13.2 Å². The molecule has 3 unspecified atom stereocenters. The lowest BCUT2D eigenvalue weighted by Gasteiger charge is -2.66. The summed E-state index contributed by atoms with van der Waals surface area (Å²) in [4.78, 5) is 0. The van der Waals surface area contributed by atoms with E-state index in [2.05, 4.69) is 0 Å². The molecule has 1 N–H and O–H groups in total. The van der Waals surface area contributed by atoms with Crippen molar-refractivity contribution in [2.75, 3.05) is 0 Å². The first-order valence-electron chi connectivity index (χ1n) is 13.8. The summed E-state index contributed by atoms with van der Waals surface area (Å²) in [5, 5.41) is 12.6. The molecule has 6 nitrogen and oxygen atoms in total. The van der Waals surface area contributed by atoms with E-state index in [1.165, 1.54) is 0 Å². The van der Waals surface area contributed by atoms with Gasteiger partial charge in [-0.1, -0.05) is 121 Å². The van der Waals surface area contributed by atoms with Gasteiger partial charge in [0.1, 0.15) is 36.1 Å². The highest BCUT2D eigenvalue weighted by Crippen LogP contribution is 2.56. The first-order chi connectivity index (χ1) is 19.6. The van der Waals surface area contributed by atoms with Crippen molar-refractivity contribution in [1.29, 1.82) is 0 Å². The summed E-state index contributed by atoms with van der Waals surface area (Å²) in [6.45, 7) is 0.698. The molecule has 1 aliphatic carbocycles. The zero-order valence-electron chi connectivity index (χ0n) is 22.0. The van der Waals surface area contributed by atoms with E-state index in [0.29, 0.717) is 19.6 Å². The minimum absolute atomic E-state index is 0.317. The zero-order chi connectivity index (χ0) is 27.0. The molecule has 4 aliphatic rings. The Morgan fingerprint density at radius 3 is 1.45 bits per heavy atom. The number of ether oxygens (including phenoxy) is 5. The average molecular weight is 537 g/mol. The normalized spacial score (nSPS) is 32.3. The van der Waals surface area contributed by atoms with Crippen LogP contribution >= 0.6 is 0 Å². The molecule has 6 heteroatoms. The largest absolute Gasteiger partial charge is 0.384 e. The fraction of sp³-hybridized carbons (Fsp3) is 0.294. The molecule has 0 amide bonds. The van der Waals surface area contributed by atoms with Crippen molar-refractivity contribution in [3.8, 4) is 0 Å². The lowest BCUT2D eigenvalue weighted by molar-refractivity contribution is -0.566. The van der Waals surface area contributed by atoms with Gasteiger partial charge in [0.2, 0.25) is 0 Å². The van der Waals surface area contributed by atoms with Crippen molar-refractivity contribution in [3.63, 3.8) is 0 Å². The van der Waals surface area contributed by atoms with Crippen molar-refractivity contribution < 1.29 is 28.8 Å². The summed E-state index contributed by atoms with van der Waals surface area (Å²) in [5.74, 6) is -1.45. The van der Waals surface area contributed by atoms with Crippen LogP contribution in [-0.4, -0.2) is 41.2 Å². The van der Waals surface area contributed by atoms with Crippen molar-refractivity contribution in [1.82, 2.24) is 0 Å². The molecule has 8 rings (SSSR count). The predicted octanol–water partition coefficient (Wildman–Crippen LogP) is 5.14. The van der Waals surface area contributed by atoms with Crippen LogP contribution in [0.4, 0.5) is 0 Å². The van der Waals surface area contributed by atoms with E-state index < -0.39 is 42.1 Å². The molecule has 3 saturated heterocycles. The number of benzene rings is 4. The van der Waals surface area contributed by atoms with Crippen molar-refractivity contribution in [2.24, 2.45) is 0 Å². The lowest BCUT2D eigenvalue weighted by atomic mass is 9.69. The second-order valence-corrected chi connectivity index (χ2v) is 10.8. The van der Waals surface area contributed by atoms with Crippen LogP contribution in [-0.2, 0) is 49.3 Å². The molecule has 4 aromatic rings. The van der Waals surface area contributed by atoms with E-state index in [1.807, 2.05) is 121 Å². The highest BCUT2D eigenvalue weighted by atomic mass is 16.9. The molecule has 4 bridgehead atoms. The van der Waals surface area contributed by atoms with Crippen LogP contribution in [0.2, 0.25) is 0 Å². The van der Waals surface area contributed by atoms with Gasteiger partial charge in [-0.05, 0) is 16.7 Å². The van der Waals surface area contributed by atoms with Gasteiger partial charge in [0, 0.05) is 12.0 Å². The van der Waals surface area contributed by atoms with Gasteiger partial charge in [-0.2, -0.15) is 0 Å². The lowest BCUT2D eigenvalue weighted by Crippen LogP contribution is -2.83. The van der Waals surface area contributed by atoms with Crippen LogP contribution in [0, 0.1) is 0 Å². The Morgan fingerprint density at radius 1 is 0.550 bits per heavy atom. The van der Waals surface area contributed by atoms with Crippen molar-refractivity contribution >= 4 is 0 Å². The Kier molecular flexibility index (Phi) is 6.76. The topological polar surface area (TPSA) is 66.4 Å². The van der Waals surface area contributed by atoms with Crippen LogP contribution in [0.3, 0.4) is 0 Å². The summed E-state index contributed by atoms with van der Waals surface area (Å²) in [7, 11) is 0. The van der Waals surface area contributed by atoms with Crippen LogP contribution in [0.25, 0.3) is 0 Å². The van der Waals surface area contributed by atoms with Crippen LogP contribution in [0.1, 0.15) is 22.3 Å². The molecule has 0 spiro atoms. The number of hydrogen-bond acceptors (Lipinski definition) is 6. The average Bonchev–Trinajstić information content (AvgIpc) is 3.01. The van der Waals surface area contributed by atoms with Crippen LogP contribution in [0.5, 0.6) is 0 Å². The second-order valence-electron chi connectivity index (χ2n) is 10.8. The van der Waals surface area contributed by atoms with Gasteiger partial charge >= 0.3 is 5.97 Å². The van der Waals surface area contributed by atoms with E-state index in [0.717, 1.165) is 22.3 Å². The van der Waals surface area contributed by atoms with Crippen molar-refractivity contribution in [2.45, 2.75) is 61.7 Å². The predicted molar refractivity (Wildman–Crippen MR) is 148 cm³/mol. The van der Waals surface area contributed by atoms with E-state index in [1.54, 1.807) is 0 Å². The second kappa shape index (κ2) is 10.6. The number of aliphatic hydroxyl groups is 1. The SMILES string of the molecule is OC1(Cc2ccccc2)[C@@H]2OC3(c4ccccc4)OC([C@H]2OCc2ccccc2)[C@H](OCc2ccccc2)[C@@H]1O3. The summed E-state index contributed by atoms with van der Waals surface area (Å²) >= 11 is 0. The summed E-state index contributed by atoms with van der Waals surface area (Å²) in [6.07, 6.45) is -2.83. The Labute approximate surface area is 234 Å². The number of rotatable bonds is 9. The van der Waals surface area contributed by atoms with Crippen LogP contribution in [0.15, 0.2) is 121 Å². The zero-order valence-corrected chi connectivity index (χ0v) is 22.0. The standard InChI is InChI=1S/C34H32O6/c35-33(21-24-13-5-1-6-14-24)31-29(36-22-25-15-7-2-8-16-25)28-30(37-23-26-17-9-3-10-18-26)32(33)40-34(38-28,39-31)27-19-11-4-12-20-27/h1-20,28-32,35H,21-23H2/t28?,29-,30+,31-,32+,33?,34?. The first-order valence-corrected chi connectivity index (χ1v) is 13.8. The van der Waals surface area contributed by atoms with Gasteiger partial charge in [-0.15, -0.1) is 0 Å². The molecule has 40 heavy (non-hydrogen) atoms. The summed E-state index contributed by atoms with van der Waals surface area (Å²) < 4.78 is 33.0. The molecule has 204 valence electrons. The quantitative estimate of drug-likeness (QED) is 0.320. The minimum atomic E-state index is -1.45.